The number of rotatable bonds is 6. The van der Waals surface area contributed by atoms with Crippen LogP contribution in [0.1, 0.15) is 43.8 Å². The van der Waals surface area contributed by atoms with Crippen molar-refractivity contribution in [3.8, 4) is 10.6 Å². The Morgan fingerprint density at radius 1 is 1.00 bits per heavy atom. The molecule has 150 valence electrons. The van der Waals surface area contributed by atoms with Crippen LogP contribution in [0.25, 0.3) is 10.6 Å². The molecule has 0 saturated carbocycles. The first-order valence-electron chi connectivity index (χ1n) is 9.54. The molecule has 0 bridgehead atoms. The van der Waals surface area contributed by atoms with Gasteiger partial charge in [-0.05, 0) is 36.6 Å². The number of carbonyl (C=O) groups is 2. The van der Waals surface area contributed by atoms with Crippen LogP contribution < -0.4 is 5.32 Å². The Labute approximate surface area is 175 Å². The number of thiazole rings is 1. The number of amides is 2. The minimum Gasteiger partial charge on any atom is -0.347 e. The normalized spacial score (nSPS) is 10.6. The largest absolute Gasteiger partial charge is 0.347 e. The molecule has 0 spiro atoms. The van der Waals surface area contributed by atoms with Crippen molar-refractivity contribution >= 4 is 23.2 Å². The minimum atomic E-state index is -0.134. The van der Waals surface area contributed by atoms with Gasteiger partial charge < -0.3 is 10.2 Å². The molecule has 29 heavy (non-hydrogen) atoms. The van der Waals surface area contributed by atoms with Crippen LogP contribution >= 0.6 is 11.3 Å². The Morgan fingerprint density at radius 2 is 1.62 bits per heavy atom. The maximum absolute atomic E-state index is 12.6. The lowest BCUT2D eigenvalue weighted by molar-refractivity contribution is 0.0827. The van der Waals surface area contributed by atoms with E-state index in [9.17, 15) is 9.59 Å². The lowest BCUT2D eigenvalue weighted by atomic mass is 10.1. The molecule has 0 fully saturated rings. The summed E-state index contributed by atoms with van der Waals surface area (Å²) in [7, 11) is 3.45. The highest BCUT2D eigenvalue weighted by atomic mass is 32.1. The van der Waals surface area contributed by atoms with Gasteiger partial charge in [-0.3, -0.25) is 9.59 Å². The van der Waals surface area contributed by atoms with Gasteiger partial charge in [0.15, 0.2) is 0 Å². The highest BCUT2D eigenvalue weighted by molar-refractivity contribution is 7.17. The molecule has 0 saturated heterocycles. The molecule has 1 heterocycles. The minimum absolute atomic E-state index is 0.0413. The van der Waals surface area contributed by atoms with Crippen molar-refractivity contribution in [1.82, 2.24) is 15.2 Å². The van der Waals surface area contributed by atoms with E-state index in [0.717, 1.165) is 28.2 Å². The van der Waals surface area contributed by atoms with Crippen molar-refractivity contribution in [3.63, 3.8) is 0 Å². The van der Waals surface area contributed by atoms with Gasteiger partial charge in [0, 0.05) is 31.8 Å². The van der Waals surface area contributed by atoms with E-state index in [0.29, 0.717) is 17.0 Å². The van der Waals surface area contributed by atoms with E-state index in [1.54, 1.807) is 26.2 Å². The molecule has 0 aliphatic heterocycles. The van der Waals surface area contributed by atoms with Crippen LogP contribution in [0, 0.1) is 6.92 Å². The number of hydrogen-bond acceptors (Lipinski definition) is 4. The number of aromatic nitrogens is 1. The zero-order valence-electron chi connectivity index (χ0n) is 17.2. The zero-order chi connectivity index (χ0) is 21.0. The molecule has 6 heteroatoms. The summed E-state index contributed by atoms with van der Waals surface area (Å²) in [5, 5.41) is 3.80. The molecule has 0 unspecified atom stereocenters. The standard InChI is InChI=1S/C23H25N3O2S/c1-5-16-6-10-18(11-7-16)22-25-15(2)20(29-22)21(27)24-14-17-8-12-19(13-9-17)23(28)26(3)4/h6-13H,5,14H2,1-4H3,(H,24,27). The molecule has 3 rings (SSSR count). The third-order valence-corrected chi connectivity index (χ3v) is 5.88. The van der Waals surface area contributed by atoms with Gasteiger partial charge >= 0.3 is 0 Å². The average Bonchev–Trinajstić information content (AvgIpc) is 3.13. The summed E-state index contributed by atoms with van der Waals surface area (Å²) in [6.45, 7) is 4.38. The molecular formula is C23H25N3O2S. The molecule has 1 N–H and O–H groups in total. The Morgan fingerprint density at radius 3 is 2.21 bits per heavy atom. The van der Waals surface area contributed by atoms with Gasteiger partial charge in [-0.25, -0.2) is 4.98 Å². The number of hydrogen-bond donors (Lipinski definition) is 1. The summed E-state index contributed by atoms with van der Waals surface area (Å²) in [5.41, 5.74) is 4.59. The molecule has 3 aromatic rings. The Hall–Kier alpha value is -2.99. The second kappa shape index (κ2) is 9.01. The maximum Gasteiger partial charge on any atom is 0.263 e. The smallest absolute Gasteiger partial charge is 0.263 e. The van der Waals surface area contributed by atoms with Crippen molar-refractivity contribution in [3.05, 3.63) is 75.8 Å². The molecule has 0 aliphatic carbocycles. The summed E-state index contributed by atoms with van der Waals surface area (Å²) in [4.78, 5) is 31.3. The van der Waals surface area contributed by atoms with Crippen LogP contribution in [0.2, 0.25) is 0 Å². The van der Waals surface area contributed by atoms with Gasteiger partial charge in [0.05, 0.1) is 5.69 Å². The number of nitrogens with zero attached hydrogens (tertiary/aromatic N) is 2. The first-order chi connectivity index (χ1) is 13.9. The van der Waals surface area contributed by atoms with Crippen LogP contribution in [-0.2, 0) is 13.0 Å². The van der Waals surface area contributed by atoms with E-state index in [2.05, 4.69) is 41.5 Å². The Balaban J connectivity index is 1.66. The van der Waals surface area contributed by atoms with E-state index < -0.39 is 0 Å². The predicted molar refractivity (Wildman–Crippen MR) is 117 cm³/mol. The van der Waals surface area contributed by atoms with Crippen molar-refractivity contribution < 1.29 is 9.59 Å². The Kier molecular flexibility index (Phi) is 6.44. The molecule has 1 aromatic heterocycles. The Bertz CT molecular complexity index is 1010. The van der Waals surface area contributed by atoms with Crippen molar-refractivity contribution in [2.75, 3.05) is 14.1 Å². The second-order valence-electron chi connectivity index (χ2n) is 7.06. The van der Waals surface area contributed by atoms with Crippen molar-refractivity contribution in [1.29, 1.82) is 0 Å². The third kappa shape index (κ3) is 4.90. The summed E-state index contributed by atoms with van der Waals surface area (Å²) in [5.74, 6) is -0.176. The summed E-state index contributed by atoms with van der Waals surface area (Å²) in [6, 6.07) is 15.6. The van der Waals surface area contributed by atoms with E-state index in [1.165, 1.54) is 21.8 Å². The fourth-order valence-electron chi connectivity index (χ4n) is 2.90. The average molecular weight is 408 g/mol. The molecular weight excluding hydrogens is 382 g/mol. The van der Waals surface area contributed by atoms with Crippen LogP contribution in [0.3, 0.4) is 0 Å². The van der Waals surface area contributed by atoms with Gasteiger partial charge in [-0.2, -0.15) is 0 Å². The first-order valence-corrected chi connectivity index (χ1v) is 10.4. The lowest BCUT2D eigenvalue weighted by Gasteiger charge is -2.10. The van der Waals surface area contributed by atoms with Crippen molar-refractivity contribution in [2.24, 2.45) is 0 Å². The third-order valence-electron chi connectivity index (χ3n) is 4.67. The molecule has 0 aliphatic rings. The predicted octanol–water partition coefficient (Wildman–Crippen LogP) is 4.31. The number of nitrogens with one attached hydrogen (secondary N) is 1. The zero-order valence-corrected chi connectivity index (χ0v) is 18.0. The summed E-state index contributed by atoms with van der Waals surface area (Å²) >= 11 is 1.41. The SMILES string of the molecule is CCc1ccc(-c2nc(C)c(C(=O)NCc3ccc(C(=O)N(C)C)cc3)s2)cc1. The fraction of sp³-hybridized carbons (Fsp3) is 0.261. The summed E-state index contributed by atoms with van der Waals surface area (Å²) < 4.78 is 0. The number of aryl methyl sites for hydroxylation is 2. The van der Waals surface area contributed by atoms with E-state index in [-0.39, 0.29) is 11.8 Å². The quantitative estimate of drug-likeness (QED) is 0.662. The molecule has 0 atom stereocenters. The van der Waals surface area contributed by atoms with Crippen LogP contribution in [-0.4, -0.2) is 35.8 Å². The van der Waals surface area contributed by atoms with Crippen LogP contribution in [0.15, 0.2) is 48.5 Å². The molecule has 0 radical (unpaired) electrons. The van der Waals surface area contributed by atoms with E-state index in [4.69, 9.17) is 0 Å². The highest BCUT2D eigenvalue weighted by Crippen LogP contribution is 2.28. The van der Waals surface area contributed by atoms with Crippen molar-refractivity contribution in [2.45, 2.75) is 26.8 Å². The van der Waals surface area contributed by atoms with Gasteiger partial charge in [-0.1, -0.05) is 43.3 Å². The summed E-state index contributed by atoms with van der Waals surface area (Å²) in [6.07, 6.45) is 0.995. The molecule has 5 nitrogen and oxygen atoms in total. The molecule has 2 amide bonds. The second-order valence-corrected chi connectivity index (χ2v) is 8.06. The van der Waals surface area contributed by atoms with Crippen LogP contribution in [0.4, 0.5) is 0 Å². The van der Waals surface area contributed by atoms with Gasteiger partial charge in [0.25, 0.3) is 11.8 Å². The van der Waals surface area contributed by atoms with Gasteiger partial charge in [0.1, 0.15) is 9.88 Å². The topological polar surface area (TPSA) is 62.3 Å². The fourth-order valence-corrected chi connectivity index (χ4v) is 3.89. The first kappa shape index (κ1) is 20.7. The monoisotopic (exact) mass is 407 g/mol. The van der Waals surface area contributed by atoms with E-state index in [1.807, 2.05) is 19.1 Å². The van der Waals surface area contributed by atoms with Crippen LogP contribution in [0.5, 0.6) is 0 Å². The highest BCUT2D eigenvalue weighted by Gasteiger charge is 2.16. The maximum atomic E-state index is 12.6. The van der Waals surface area contributed by atoms with E-state index >= 15 is 0 Å². The number of carbonyl (C=O) groups excluding carboxylic acids is 2. The lowest BCUT2D eigenvalue weighted by Crippen LogP contribution is -2.23. The van der Waals surface area contributed by atoms with Gasteiger partial charge in [-0.15, -0.1) is 11.3 Å². The van der Waals surface area contributed by atoms with Gasteiger partial charge in [0.2, 0.25) is 0 Å². The number of benzene rings is 2. The molecule has 2 aromatic carbocycles.